The Hall–Kier alpha value is -1.40. The molecule has 0 saturated carbocycles. The second kappa shape index (κ2) is 6.58. The first kappa shape index (κ1) is 14.5. The van der Waals surface area contributed by atoms with Crippen LogP contribution >= 0.6 is 0 Å². The third-order valence-corrected chi connectivity index (χ3v) is 4.23. The van der Waals surface area contributed by atoms with Gasteiger partial charge in [-0.25, -0.2) is 9.97 Å². The van der Waals surface area contributed by atoms with Gasteiger partial charge in [0, 0.05) is 44.8 Å². The summed E-state index contributed by atoms with van der Waals surface area (Å²) in [6.07, 6.45) is 1.21. The smallest absolute Gasteiger partial charge is 0.134 e. The van der Waals surface area contributed by atoms with E-state index in [-0.39, 0.29) is 0 Å². The minimum atomic E-state index is 0.631. The van der Waals surface area contributed by atoms with Crippen molar-refractivity contribution < 1.29 is 4.74 Å². The molecule has 1 unspecified atom stereocenters. The number of hydrogen-bond donors (Lipinski definition) is 1. The lowest BCUT2D eigenvalue weighted by Gasteiger charge is -2.32. The second-order valence-corrected chi connectivity index (χ2v) is 5.73. The number of aromatic nitrogens is 2. The number of nitrogens with zero attached hydrogens (tertiary/aromatic N) is 4. The molecule has 1 atom stereocenters. The Morgan fingerprint density at radius 1 is 1.29 bits per heavy atom. The summed E-state index contributed by atoms with van der Waals surface area (Å²) in [6.45, 7) is 10.9. The summed E-state index contributed by atoms with van der Waals surface area (Å²) in [4.78, 5) is 14.0. The molecule has 2 aliphatic heterocycles. The third-order valence-electron chi connectivity index (χ3n) is 4.23. The highest BCUT2D eigenvalue weighted by Gasteiger charge is 2.29. The van der Waals surface area contributed by atoms with Crippen LogP contribution in [0.2, 0.25) is 0 Å². The van der Waals surface area contributed by atoms with E-state index in [1.54, 1.807) is 0 Å². The highest BCUT2D eigenvalue weighted by atomic mass is 16.5. The maximum Gasteiger partial charge on any atom is 0.134 e. The van der Waals surface area contributed by atoms with Gasteiger partial charge in [-0.1, -0.05) is 0 Å². The Labute approximate surface area is 126 Å². The van der Waals surface area contributed by atoms with Crippen molar-refractivity contribution in [3.8, 4) is 0 Å². The molecule has 0 amide bonds. The van der Waals surface area contributed by atoms with Crippen LogP contribution in [-0.4, -0.2) is 66.8 Å². The van der Waals surface area contributed by atoms with Gasteiger partial charge in [0.1, 0.15) is 17.5 Å². The van der Waals surface area contributed by atoms with Crippen LogP contribution in [0.5, 0.6) is 0 Å². The molecule has 3 heterocycles. The van der Waals surface area contributed by atoms with E-state index >= 15 is 0 Å². The zero-order valence-corrected chi connectivity index (χ0v) is 13.0. The summed E-state index contributed by atoms with van der Waals surface area (Å²) in [5.41, 5.74) is 0. The highest BCUT2D eigenvalue weighted by Crippen LogP contribution is 2.23. The van der Waals surface area contributed by atoms with E-state index in [1.807, 2.05) is 6.92 Å². The van der Waals surface area contributed by atoms with Crippen molar-refractivity contribution in [1.82, 2.24) is 14.9 Å². The van der Waals surface area contributed by atoms with Crippen molar-refractivity contribution in [1.29, 1.82) is 0 Å². The van der Waals surface area contributed by atoms with E-state index in [9.17, 15) is 0 Å². The predicted molar refractivity (Wildman–Crippen MR) is 83.9 cm³/mol. The van der Waals surface area contributed by atoms with Crippen molar-refractivity contribution in [2.75, 3.05) is 56.2 Å². The Morgan fingerprint density at radius 3 is 2.86 bits per heavy atom. The molecular formula is C15H25N5O. The van der Waals surface area contributed by atoms with Gasteiger partial charge in [0.15, 0.2) is 0 Å². The van der Waals surface area contributed by atoms with Crippen molar-refractivity contribution in [2.45, 2.75) is 26.3 Å². The van der Waals surface area contributed by atoms with Crippen molar-refractivity contribution in [3.63, 3.8) is 0 Å². The Bertz CT molecular complexity index is 475. The first-order chi connectivity index (χ1) is 10.3. The van der Waals surface area contributed by atoms with Gasteiger partial charge in [-0.05, 0) is 20.3 Å². The van der Waals surface area contributed by atoms with Crippen LogP contribution in [0.4, 0.5) is 11.6 Å². The maximum atomic E-state index is 5.44. The van der Waals surface area contributed by atoms with E-state index in [2.05, 4.69) is 38.1 Å². The lowest BCUT2D eigenvalue weighted by Crippen LogP contribution is -2.44. The highest BCUT2D eigenvalue weighted by molar-refractivity contribution is 5.50. The van der Waals surface area contributed by atoms with Gasteiger partial charge in [0.25, 0.3) is 0 Å². The van der Waals surface area contributed by atoms with Crippen LogP contribution in [-0.2, 0) is 4.74 Å². The maximum absolute atomic E-state index is 5.44. The predicted octanol–water partition coefficient (Wildman–Crippen LogP) is 1.13. The molecule has 21 heavy (non-hydrogen) atoms. The molecule has 2 aliphatic rings. The van der Waals surface area contributed by atoms with Crippen LogP contribution in [0.3, 0.4) is 0 Å². The summed E-state index contributed by atoms with van der Waals surface area (Å²) in [6, 6.07) is 2.70. The van der Waals surface area contributed by atoms with Gasteiger partial charge in [0.05, 0.1) is 13.2 Å². The molecule has 0 aromatic carbocycles. The van der Waals surface area contributed by atoms with Crippen molar-refractivity contribution in [2.24, 2.45) is 0 Å². The normalized spacial score (nSPS) is 23.5. The van der Waals surface area contributed by atoms with Crippen LogP contribution in [0.1, 0.15) is 19.2 Å². The summed E-state index contributed by atoms with van der Waals surface area (Å²) in [5.74, 6) is 2.81. The van der Waals surface area contributed by atoms with E-state index in [1.165, 1.54) is 6.42 Å². The Balaban J connectivity index is 1.67. The fourth-order valence-electron chi connectivity index (χ4n) is 3.18. The van der Waals surface area contributed by atoms with Crippen LogP contribution < -0.4 is 10.2 Å². The van der Waals surface area contributed by atoms with Crippen LogP contribution in [0, 0.1) is 6.92 Å². The molecule has 0 aliphatic carbocycles. The lowest BCUT2D eigenvalue weighted by molar-refractivity contribution is 0.0209. The summed E-state index contributed by atoms with van der Waals surface area (Å²) < 4.78 is 5.44. The molecule has 1 aromatic rings. The fraction of sp³-hybridized carbons (Fsp3) is 0.733. The molecule has 6 nitrogen and oxygen atoms in total. The summed E-state index contributed by atoms with van der Waals surface area (Å²) in [5, 5.41) is 3.28. The molecule has 0 radical (unpaired) electrons. The van der Waals surface area contributed by atoms with E-state index < -0.39 is 0 Å². The minimum Gasteiger partial charge on any atom is -0.379 e. The molecule has 2 saturated heterocycles. The monoisotopic (exact) mass is 291 g/mol. The molecule has 0 spiro atoms. The topological polar surface area (TPSA) is 53.5 Å². The quantitative estimate of drug-likeness (QED) is 0.897. The zero-order chi connectivity index (χ0) is 14.7. The molecule has 0 bridgehead atoms. The molecule has 2 fully saturated rings. The number of ether oxygens (including phenoxy) is 1. The number of morpholine rings is 1. The number of anilines is 2. The second-order valence-electron chi connectivity index (χ2n) is 5.73. The van der Waals surface area contributed by atoms with Gasteiger partial charge < -0.3 is 15.0 Å². The fourth-order valence-corrected chi connectivity index (χ4v) is 3.18. The van der Waals surface area contributed by atoms with Gasteiger partial charge >= 0.3 is 0 Å². The number of hydrogen-bond acceptors (Lipinski definition) is 6. The SMILES string of the molecule is CCNc1cc(N2CCC(N3CCOCC3)C2)nc(C)n1. The molecule has 1 N–H and O–H groups in total. The van der Waals surface area contributed by atoms with E-state index in [4.69, 9.17) is 4.74 Å². The molecule has 3 rings (SSSR count). The minimum absolute atomic E-state index is 0.631. The molecule has 116 valence electrons. The average molecular weight is 291 g/mol. The third kappa shape index (κ3) is 3.44. The number of aryl methyl sites for hydroxylation is 1. The van der Waals surface area contributed by atoms with Gasteiger partial charge in [-0.3, -0.25) is 4.90 Å². The Morgan fingerprint density at radius 2 is 2.10 bits per heavy atom. The summed E-state index contributed by atoms with van der Waals surface area (Å²) >= 11 is 0. The van der Waals surface area contributed by atoms with Gasteiger partial charge in [-0.2, -0.15) is 0 Å². The van der Waals surface area contributed by atoms with Crippen molar-refractivity contribution in [3.05, 3.63) is 11.9 Å². The van der Waals surface area contributed by atoms with E-state index in [0.717, 1.165) is 63.4 Å². The van der Waals surface area contributed by atoms with Gasteiger partial charge in [-0.15, -0.1) is 0 Å². The average Bonchev–Trinajstić information content (AvgIpc) is 2.98. The number of nitrogens with one attached hydrogen (secondary N) is 1. The first-order valence-electron chi connectivity index (χ1n) is 7.92. The molecule has 1 aromatic heterocycles. The van der Waals surface area contributed by atoms with Crippen molar-refractivity contribution >= 4 is 11.6 Å². The zero-order valence-electron chi connectivity index (χ0n) is 13.0. The van der Waals surface area contributed by atoms with E-state index in [0.29, 0.717) is 6.04 Å². The molecule has 6 heteroatoms. The Kier molecular flexibility index (Phi) is 4.55. The standard InChI is InChI=1S/C15H25N5O/c1-3-16-14-10-15(18-12(2)17-14)20-5-4-13(11-20)19-6-8-21-9-7-19/h10,13H,3-9,11H2,1-2H3,(H,16,17,18). The first-order valence-corrected chi connectivity index (χ1v) is 7.92. The van der Waals surface area contributed by atoms with Crippen LogP contribution in [0.25, 0.3) is 0 Å². The summed E-state index contributed by atoms with van der Waals surface area (Å²) in [7, 11) is 0. The largest absolute Gasteiger partial charge is 0.379 e. The van der Waals surface area contributed by atoms with Crippen LogP contribution in [0.15, 0.2) is 6.07 Å². The van der Waals surface area contributed by atoms with Gasteiger partial charge in [0.2, 0.25) is 0 Å². The number of rotatable bonds is 4. The molecular weight excluding hydrogens is 266 g/mol. The lowest BCUT2D eigenvalue weighted by atomic mass is 10.2.